The predicted molar refractivity (Wildman–Crippen MR) is 90.2 cm³/mol. The number of nitrogens with one attached hydrogen (secondary N) is 1. The molecule has 1 N–H and O–H groups in total. The average molecular weight is 325 g/mol. The van der Waals surface area contributed by atoms with Crippen molar-refractivity contribution in [3.8, 4) is 0 Å². The fourth-order valence-corrected chi connectivity index (χ4v) is 4.22. The van der Waals surface area contributed by atoms with Crippen LogP contribution >= 0.6 is 0 Å². The van der Waals surface area contributed by atoms with Crippen LogP contribution in [0.15, 0.2) is 36.9 Å². The molecule has 126 valence electrons. The van der Waals surface area contributed by atoms with Gasteiger partial charge in [0.15, 0.2) is 0 Å². The maximum Gasteiger partial charge on any atom is 0.221 e. The highest BCUT2D eigenvalue weighted by Gasteiger charge is 2.48. The molecule has 6 heteroatoms. The van der Waals surface area contributed by atoms with Crippen molar-refractivity contribution in [1.82, 2.24) is 25.0 Å². The van der Waals surface area contributed by atoms with E-state index in [2.05, 4.69) is 38.6 Å². The monoisotopic (exact) mass is 325 g/mol. The van der Waals surface area contributed by atoms with Crippen LogP contribution in [-0.4, -0.2) is 44.2 Å². The summed E-state index contributed by atoms with van der Waals surface area (Å²) in [4.78, 5) is 18.7. The van der Waals surface area contributed by atoms with Crippen LogP contribution < -0.4 is 5.32 Å². The number of hydrogen-bond acceptors (Lipinski definition) is 4. The number of nitrogens with zero attached hydrogens (tertiary/aromatic N) is 4. The van der Waals surface area contributed by atoms with Gasteiger partial charge >= 0.3 is 0 Å². The van der Waals surface area contributed by atoms with Gasteiger partial charge in [0.05, 0.1) is 6.20 Å². The van der Waals surface area contributed by atoms with E-state index < -0.39 is 0 Å². The third kappa shape index (κ3) is 2.82. The highest BCUT2D eigenvalue weighted by Crippen LogP contribution is 2.43. The van der Waals surface area contributed by atoms with Crippen molar-refractivity contribution in [2.45, 2.75) is 37.3 Å². The van der Waals surface area contributed by atoms with Crippen molar-refractivity contribution in [3.05, 3.63) is 48.0 Å². The molecule has 6 nitrogen and oxygen atoms in total. The van der Waals surface area contributed by atoms with Gasteiger partial charge in [-0.3, -0.25) is 19.4 Å². The lowest BCUT2D eigenvalue weighted by molar-refractivity contribution is -0.120. The lowest BCUT2D eigenvalue weighted by atomic mass is 9.74. The number of aryl methyl sites for hydroxylation is 1. The maximum atomic E-state index is 12.1. The minimum Gasteiger partial charge on any atom is -0.350 e. The van der Waals surface area contributed by atoms with E-state index in [1.54, 1.807) is 0 Å². The highest BCUT2D eigenvalue weighted by atomic mass is 16.2. The Bertz CT molecular complexity index is 718. The van der Waals surface area contributed by atoms with Crippen LogP contribution in [0.5, 0.6) is 0 Å². The molecule has 2 fully saturated rings. The van der Waals surface area contributed by atoms with Crippen LogP contribution in [0.3, 0.4) is 0 Å². The molecule has 24 heavy (non-hydrogen) atoms. The Balaban J connectivity index is 1.47. The number of rotatable bonds is 3. The number of aromatic nitrogens is 3. The van der Waals surface area contributed by atoms with Gasteiger partial charge in [-0.1, -0.05) is 0 Å². The number of amides is 1. The zero-order chi connectivity index (χ0) is 16.6. The van der Waals surface area contributed by atoms with Crippen molar-refractivity contribution >= 4 is 5.91 Å². The van der Waals surface area contributed by atoms with E-state index in [0.29, 0.717) is 6.42 Å². The van der Waals surface area contributed by atoms with E-state index in [-0.39, 0.29) is 17.4 Å². The zero-order valence-electron chi connectivity index (χ0n) is 14.0. The van der Waals surface area contributed by atoms with Crippen LogP contribution in [0, 0.1) is 0 Å². The van der Waals surface area contributed by atoms with E-state index in [0.717, 1.165) is 32.5 Å². The number of pyridine rings is 1. The van der Waals surface area contributed by atoms with Crippen molar-refractivity contribution in [2.75, 3.05) is 13.1 Å². The smallest absolute Gasteiger partial charge is 0.221 e. The summed E-state index contributed by atoms with van der Waals surface area (Å²) in [6.07, 6.45) is 10.2. The van der Waals surface area contributed by atoms with Gasteiger partial charge in [0.2, 0.25) is 5.91 Å². The van der Waals surface area contributed by atoms with E-state index in [1.165, 1.54) is 11.1 Å². The Kier molecular flexibility index (Phi) is 3.84. The molecule has 4 rings (SSSR count). The number of carbonyl (C=O) groups is 1. The fourth-order valence-electron chi connectivity index (χ4n) is 4.22. The fraction of sp³-hybridized carbons (Fsp3) is 0.500. The summed E-state index contributed by atoms with van der Waals surface area (Å²) in [6, 6.07) is 4.10. The Morgan fingerprint density at radius 2 is 2.04 bits per heavy atom. The summed E-state index contributed by atoms with van der Waals surface area (Å²) in [5, 5.41) is 7.55. The molecule has 2 aliphatic heterocycles. The number of carbonyl (C=O) groups excluding carboxylic acids is 1. The molecule has 4 heterocycles. The molecule has 0 radical (unpaired) electrons. The normalized spacial score (nSPS) is 23.5. The molecular weight excluding hydrogens is 302 g/mol. The molecular formula is C18H23N5O. The number of piperidine rings is 1. The van der Waals surface area contributed by atoms with Crippen LogP contribution in [0.4, 0.5) is 0 Å². The first-order chi connectivity index (χ1) is 11.6. The Morgan fingerprint density at radius 3 is 2.71 bits per heavy atom. The maximum absolute atomic E-state index is 12.1. The quantitative estimate of drug-likeness (QED) is 0.928. The van der Waals surface area contributed by atoms with E-state index in [1.807, 2.05) is 30.3 Å². The van der Waals surface area contributed by atoms with Crippen molar-refractivity contribution < 1.29 is 4.79 Å². The van der Waals surface area contributed by atoms with E-state index in [9.17, 15) is 4.79 Å². The molecule has 0 bridgehead atoms. The summed E-state index contributed by atoms with van der Waals surface area (Å²) >= 11 is 0. The van der Waals surface area contributed by atoms with Gasteiger partial charge in [-0.2, -0.15) is 5.10 Å². The molecule has 0 saturated carbocycles. The van der Waals surface area contributed by atoms with Gasteiger partial charge in [0.25, 0.3) is 0 Å². The van der Waals surface area contributed by atoms with Gasteiger partial charge in [0, 0.05) is 68.7 Å². The molecule has 0 aromatic carbocycles. The number of hydrogen-bond donors (Lipinski definition) is 1. The molecule has 0 unspecified atom stereocenters. The first-order valence-corrected chi connectivity index (χ1v) is 8.55. The zero-order valence-corrected chi connectivity index (χ0v) is 14.0. The number of likely N-dealkylation sites (tertiary alicyclic amines) is 1. The molecule has 2 aromatic heterocycles. The van der Waals surface area contributed by atoms with Gasteiger partial charge in [-0.25, -0.2) is 0 Å². The lowest BCUT2D eigenvalue weighted by Gasteiger charge is -2.43. The first-order valence-electron chi connectivity index (χ1n) is 8.55. The van der Waals surface area contributed by atoms with Gasteiger partial charge in [-0.05, 0) is 30.5 Å². The van der Waals surface area contributed by atoms with E-state index >= 15 is 0 Å². The Labute approximate surface area is 141 Å². The molecule has 1 spiro atoms. The highest BCUT2D eigenvalue weighted by molar-refractivity contribution is 5.81. The summed E-state index contributed by atoms with van der Waals surface area (Å²) < 4.78 is 1.84. The predicted octanol–water partition coefficient (Wildman–Crippen LogP) is 1.45. The molecule has 2 aromatic rings. The SMILES string of the molecule is Cn1cc(CN2CCC3(CC2)NC(=O)C[C@H]3c2ccncc2)cn1. The molecule has 2 saturated heterocycles. The minimum atomic E-state index is -0.0934. The summed E-state index contributed by atoms with van der Waals surface area (Å²) in [6.45, 7) is 2.92. The van der Waals surface area contributed by atoms with Crippen LogP contribution in [-0.2, 0) is 18.4 Å². The summed E-state index contributed by atoms with van der Waals surface area (Å²) in [5.74, 6) is 0.436. The average Bonchev–Trinajstić information content (AvgIpc) is 3.14. The van der Waals surface area contributed by atoms with Gasteiger partial charge in [-0.15, -0.1) is 0 Å². The lowest BCUT2D eigenvalue weighted by Crippen LogP contribution is -2.53. The second kappa shape index (κ2) is 6.02. The Morgan fingerprint density at radius 1 is 1.29 bits per heavy atom. The first kappa shape index (κ1) is 15.3. The second-order valence-electron chi connectivity index (χ2n) is 7.04. The minimum absolute atomic E-state index is 0.0934. The van der Waals surface area contributed by atoms with Gasteiger partial charge < -0.3 is 5.32 Å². The van der Waals surface area contributed by atoms with Gasteiger partial charge in [0.1, 0.15) is 0 Å². The van der Waals surface area contributed by atoms with Crippen LogP contribution in [0.1, 0.15) is 36.3 Å². The largest absolute Gasteiger partial charge is 0.350 e. The summed E-state index contributed by atoms with van der Waals surface area (Å²) in [5.41, 5.74) is 2.38. The summed E-state index contributed by atoms with van der Waals surface area (Å²) in [7, 11) is 1.95. The van der Waals surface area contributed by atoms with Crippen LogP contribution in [0.25, 0.3) is 0 Å². The third-order valence-electron chi connectivity index (χ3n) is 5.47. The topological polar surface area (TPSA) is 63.0 Å². The third-order valence-corrected chi connectivity index (χ3v) is 5.47. The van der Waals surface area contributed by atoms with Crippen LogP contribution in [0.2, 0.25) is 0 Å². The Hall–Kier alpha value is -2.21. The molecule has 1 atom stereocenters. The molecule has 2 aliphatic rings. The van der Waals surface area contributed by atoms with Crippen molar-refractivity contribution in [3.63, 3.8) is 0 Å². The molecule has 1 amide bonds. The van der Waals surface area contributed by atoms with Crippen molar-refractivity contribution in [2.24, 2.45) is 7.05 Å². The van der Waals surface area contributed by atoms with Crippen molar-refractivity contribution in [1.29, 1.82) is 0 Å². The standard InChI is InChI=1S/C18H23N5O/c1-22-12-14(11-20-22)13-23-8-4-18(5-9-23)16(10-17(24)21-18)15-2-6-19-7-3-15/h2-3,6-7,11-12,16H,4-5,8-10,13H2,1H3,(H,21,24)/t16-/m0/s1. The second-order valence-corrected chi connectivity index (χ2v) is 7.04. The molecule has 0 aliphatic carbocycles. The van der Waals surface area contributed by atoms with E-state index in [4.69, 9.17) is 0 Å².